The van der Waals surface area contributed by atoms with Crippen LogP contribution in [0.1, 0.15) is 18.1 Å². The van der Waals surface area contributed by atoms with Gasteiger partial charge in [-0.05, 0) is 30.9 Å². The Kier molecular flexibility index (Phi) is 3.12. The van der Waals surface area contributed by atoms with Crippen molar-refractivity contribution in [2.45, 2.75) is 20.4 Å². The summed E-state index contributed by atoms with van der Waals surface area (Å²) in [6, 6.07) is 5.90. The van der Waals surface area contributed by atoms with Crippen molar-refractivity contribution in [1.29, 1.82) is 5.26 Å². The highest BCUT2D eigenvalue weighted by Gasteiger charge is 2.14. The van der Waals surface area contributed by atoms with E-state index in [1.165, 1.54) is 0 Å². The number of aryl methyl sites for hydroxylation is 2. The zero-order chi connectivity index (χ0) is 12.4. The van der Waals surface area contributed by atoms with Gasteiger partial charge in [0.2, 0.25) is 0 Å². The molecule has 0 saturated carbocycles. The van der Waals surface area contributed by atoms with Crippen molar-refractivity contribution in [3.8, 4) is 16.5 Å². The molecule has 2 heterocycles. The fraction of sp³-hybridized carbons (Fsp3) is 0.231. The molecule has 0 unspecified atom stereocenters. The van der Waals surface area contributed by atoms with E-state index in [0.29, 0.717) is 6.54 Å². The molecular formula is C13H12N2OS. The van der Waals surface area contributed by atoms with E-state index in [-0.39, 0.29) is 11.1 Å². The molecule has 0 bridgehead atoms. The molecule has 0 aromatic carbocycles. The van der Waals surface area contributed by atoms with E-state index >= 15 is 0 Å². The van der Waals surface area contributed by atoms with Crippen molar-refractivity contribution in [1.82, 2.24) is 4.57 Å². The molecule has 0 atom stereocenters. The first-order chi connectivity index (χ1) is 8.19. The van der Waals surface area contributed by atoms with Gasteiger partial charge >= 0.3 is 0 Å². The molecule has 0 saturated heterocycles. The third-order valence-electron chi connectivity index (χ3n) is 2.69. The van der Waals surface area contributed by atoms with Gasteiger partial charge in [-0.15, -0.1) is 11.3 Å². The monoisotopic (exact) mass is 244 g/mol. The van der Waals surface area contributed by atoms with Crippen molar-refractivity contribution in [2.75, 3.05) is 0 Å². The molecule has 0 amide bonds. The average Bonchev–Trinajstić information content (AvgIpc) is 2.84. The van der Waals surface area contributed by atoms with Gasteiger partial charge in [-0.1, -0.05) is 6.07 Å². The molecule has 3 nitrogen and oxygen atoms in total. The van der Waals surface area contributed by atoms with Crippen LogP contribution >= 0.6 is 11.3 Å². The Hall–Kier alpha value is -1.86. The summed E-state index contributed by atoms with van der Waals surface area (Å²) in [7, 11) is 0. The van der Waals surface area contributed by atoms with Gasteiger partial charge < -0.3 is 4.57 Å². The number of hydrogen-bond acceptors (Lipinski definition) is 3. The Labute approximate surface area is 104 Å². The Morgan fingerprint density at radius 2 is 2.29 bits per heavy atom. The van der Waals surface area contributed by atoms with Crippen LogP contribution < -0.4 is 5.56 Å². The van der Waals surface area contributed by atoms with Gasteiger partial charge in [0.05, 0.1) is 0 Å². The summed E-state index contributed by atoms with van der Waals surface area (Å²) in [6.45, 7) is 4.41. The van der Waals surface area contributed by atoms with Crippen LogP contribution in [0, 0.1) is 18.3 Å². The number of nitrogens with zero attached hydrogens (tertiary/aromatic N) is 2. The van der Waals surface area contributed by atoms with Crippen LogP contribution in [0.25, 0.3) is 10.4 Å². The predicted octanol–water partition coefficient (Wildman–Crippen LogP) is 2.78. The van der Waals surface area contributed by atoms with Gasteiger partial charge in [-0.25, -0.2) is 0 Å². The summed E-state index contributed by atoms with van der Waals surface area (Å²) in [5.41, 5.74) is 1.78. The Balaban J connectivity index is 2.82. The van der Waals surface area contributed by atoms with E-state index in [1.54, 1.807) is 15.9 Å². The molecular weight excluding hydrogens is 232 g/mol. The first-order valence-electron chi connectivity index (χ1n) is 5.37. The molecule has 0 aliphatic heterocycles. The lowest BCUT2D eigenvalue weighted by Gasteiger charge is -2.09. The molecule has 0 aliphatic rings. The van der Waals surface area contributed by atoms with Crippen molar-refractivity contribution < 1.29 is 0 Å². The summed E-state index contributed by atoms with van der Waals surface area (Å²) in [5.74, 6) is 0. The standard InChI is InChI=1S/C13H12N2OS/c1-3-15-8-9(2)12(10(7-14)13(15)16)11-5-4-6-17-11/h4-6,8H,3H2,1-2H3. The highest BCUT2D eigenvalue weighted by Crippen LogP contribution is 2.29. The normalized spacial score (nSPS) is 10.2. The zero-order valence-electron chi connectivity index (χ0n) is 9.73. The quantitative estimate of drug-likeness (QED) is 0.815. The minimum atomic E-state index is -0.205. The average molecular weight is 244 g/mol. The predicted molar refractivity (Wildman–Crippen MR) is 69.1 cm³/mol. The molecule has 2 rings (SSSR count). The van der Waals surface area contributed by atoms with E-state index in [0.717, 1.165) is 16.0 Å². The lowest BCUT2D eigenvalue weighted by Crippen LogP contribution is -2.22. The van der Waals surface area contributed by atoms with E-state index in [9.17, 15) is 10.1 Å². The minimum Gasteiger partial charge on any atom is -0.314 e. The number of pyridine rings is 1. The minimum absolute atomic E-state index is 0.205. The number of nitriles is 1. The summed E-state index contributed by atoms with van der Waals surface area (Å²) in [4.78, 5) is 13.0. The van der Waals surface area contributed by atoms with E-state index in [4.69, 9.17) is 0 Å². The molecule has 0 spiro atoms. The van der Waals surface area contributed by atoms with Crippen molar-refractivity contribution >= 4 is 11.3 Å². The van der Waals surface area contributed by atoms with Gasteiger partial charge in [0.15, 0.2) is 0 Å². The Morgan fingerprint density at radius 3 is 2.82 bits per heavy atom. The van der Waals surface area contributed by atoms with Crippen LogP contribution in [0.4, 0.5) is 0 Å². The maximum absolute atomic E-state index is 12.0. The van der Waals surface area contributed by atoms with Crippen LogP contribution in [0.2, 0.25) is 0 Å². The van der Waals surface area contributed by atoms with Crippen molar-refractivity contribution in [3.63, 3.8) is 0 Å². The summed E-state index contributed by atoms with van der Waals surface area (Å²) < 4.78 is 1.57. The van der Waals surface area contributed by atoms with Gasteiger partial charge in [0.25, 0.3) is 5.56 Å². The van der Waals surface area contributed by atoms with Gasteiger partial charge in [0, 0.05) is 23.2 Å². The molecule has 86 valence electrons. The summed E-state index contributed by atoms with van der Waals surface area (Å²) in [6.07, 6.45) is 1.82. The van der Waals surface area contributed by atoms with Crippen molar-refractivity contribution in [2.24, 2.45) is 0 Å². The SMILES string of the molecule is CCn1cc(C)c(-c2cccs2)c(C#N)c1=O. The fourth-order valence-corrected chi connectivity index (χ4v) is 2.72. The molecule has 0 N–H and O–H groups in total. The van der Waals surface area contributed by atoms with Crippen molar-refractivity contribution in [3.05, 3.63) is 45.2 Å². The van der Waals surface area contributed by atoms with Crippen LogP contribution in [-0.4, -0.2) is 4.57 Å². The maximum Gasteiger partial charge on any atom is 0.269 e. The van der Waals surface area contributed by atoms with Gasteiger partial charge in [-0.3, -0.25) is 4.79 Å². The second-order valence-corrected chi connectivity index (χ2v) is 4.69. The Bertz CT molecular complexity index is 633. The third kappa shape index (κ3) is 1.90. The largest absolute Gasteiger partial charge is 0.314 e. The molecule has 2 aromatic heterocycles. The lowest BCUT2D eigenvalue weighted by molar-refractivity contribution is 0.721. The van der Waals surface area contributed by atoms with E-state index < -0.39 is 0 Å². The molecule has 4 heteroatoms. The highest BCUT2D eigenvalue weighted by molar-refractivity contribution is 7.13. The van der Waals surface area contributed by atoms with Crippen LogP contribution in [0.5, 0.6) is 0 Å². The first-order valence-corrected chi connectivity index (χ1v) is 6.25. The number of thiophene rings is 1. The zero-order valence-corrected chi connectivity index (χ0v) is 10.5. The molecule has 0 fully saturated rings. The van der Waals surface area contributed by atoms with Crippen LogP contribution in [0.3, 0.4) is 0 Å². The second-order valence-electron chi connectivity index (χ2n) is 3.74. The smallest absolute Gasteiger partial charge is 0.269 e. The third-order valence-corrected chi connectivity index (χ3v) is 3.58. The van der Waals surface area contributed by atoms with E-state index in [1.807, 2.05) is 43.6 Å². The molecule has 0 radical (unpaired) electrons. The molecule has 0 aliphatic carbocycles. The number of hydrogen-bond donors (Lipinski definition) is 0. The number of rotatable bonds is 2. The lowest BCUT2D eigenvalue weighted by atomic mass is 10.0. The first kappa shape index (κ1) is 11.6. The molecule has 2 aromatic rings. The number of aromatic nitrogens is 1. The topological polar surface area (TPSA) is 45.8 Å². The summed E-state index contributed by atoms with van der Waals surface area (Å²) in [5, 5.41) is 11.1. The Morgan fingerprint density at radius 1 is 1.53 bits per heavy atom. The van der Waals surface area contributed by atoms with Gasteiger partial charge in [0.1, 0.15) is 11.6 Å². The van der Waals surface area contributed by atoms with E-state index in [2.05, 4.69) is 0 Å². The van der Waals surface area contributed by atoms with Gasteiger partial charge in [-0.2, -0.15) is 5.26 Å². The van der Waals surface area contributed by atoms with Crippen LogP contribution in [0.15, 0.2) is 28.5 Å². The second kappa shape index (κ2) is 4.56. The highest BCUT2D eigenvalue weighted by atomic mass is 32.1. The summed E-state index contributed by atoms with van der Waals surface area (Å²) >= 11 is 1.54. The molecule has 17 heavy (non-hydrogen) atoms. The maximum atomic E-state index is 12.0. The van der Waals surface area contributed by atoms with Crippen LogP contribution in [-0.2, 0) is 6.54 Å². The fourth-order valence-electron chi connectivity index (χ4n) is 1.88.